The topological polar surface area (TPSA) is 137 Å². The van der Waals surface area contributed by atoms with Crippen LogP contribution in [0.5, 0.6) is 5.75 Å². The lowest BCUT2D eigenvalue weighted by Gasteiger charge is -2.15. The van der Waals surface area contributed by atoms with Crippen molar-refractivity contribution in [1.82, 2.24) is 10.3 Å². The fourth-order valence-corrected chi connectivity index (χ4v) is 5.39. The van der Waals surface area contributed by atoms with Gasteiger partial charge >= 0.3 is 0 Å². The van der Waals surface area contributed by atoms with E-state index in [-0.39, 0.29) is 24.1 Å². The molecule has 0 aliphatic heterocycles. The molecule has 3 amide bonds. The number of primary amides is 1. The van der Waals surface area contributed by atoms with Crippen molar-refractivity contribution in [3.05, 3.63) is 131 Å². The number of anilines is 1. The van der Waals surface area contributed by atoms with Crippen molar-refractivity contribution in [2.75, 3.05) is 5.32 Å². The minimum absolute atomic E-state index is 0.119. The predicted molar refractivity (Wildman–Crippen MR) is 168 cm³/mol. The monoisotopic (exact) mass is 586 g/mol. The lowest BCUT2D eigenvalue weighted by atomic mass is 9.93. The van der Waals surface area contributed by atoms with Gasteiger partial charge in [-0.3, -0.25) is 14.4 Å². The van der Waals surface area contributed by atoms with Crippen molar-refractivity contribution in [2.45, 2.75) is 13.5 Å². The summed E-state index contributed by atoms with van der Waals surface area (Å²) in [6.07, 6.45) is 0. The molecule has 5 aromatic carbocycles. The first-order valence-electron chi connectivity index (χ1n) is 13.8. The molecule has 0 aliphatic carbocycles. The van der Waals surface area contributed by atoms with Crippen LogP contribution < -0.4 is 16.4 Å². The fraction of sp³-hybridized carbons (Fsp3) is 0.0571. The summed E-state index contributed by atoms with van der Waals surface area (Å²) in [7, 11) is 0. The minimum atomic E-state index is -0.603. The number of rotatable bonds is 7. The van der Waals surface area contributed by atoms with E-state index in [0.29, 0.717) is 33.4 Å². The van der Waals surface area contributed by atoms with Crippen molar-refractivity contribution in [3.63, 3.8) is 0 Å². The number of carbonyl (C=O) groups is 3. The third-order valence-corrected chi connectivity index (χ3v) is 7.62. The quantitative estimate of drug-likeness (QED) is 0.147. The summed E-state index contributed by atoms with van der Waals surface area (Å²) in [5, 5.41) is 17.0. The third-order valence-electron chi connectivity index (χ3n) is 7.62. The van der Waals surface area contributed by atoms with Crippen LogP contribution in [0.15, 0.2) is 97.1 Å². The van der Waals surface area contributed by atoms with E-state index in [1.54, 1.807) is 48.5 Å². The van der Waals surface area contributed by atoms with Crippen LogP contribution in [-0.4, -0.2) is 27.8 Å². The van der Waals surface area contributed by atoms with Crippen molar-refractivity contribution in [1.29, 1.82) is 0 Å². The van der Waals surface area contributed by atoms with E-state index in [1.165, 1.54) is 24.3 Å². The number of nitrogens with one attached hydrogen (secondary N) is 3. The van der Waals surface area contributed by atoms with Crippen LogP contribution in [0.2, 0.25) is 0 Å². The van der Waals surface area contributed by atoms with E-state index in [4.69, 9.17) is 5.73 Å². The summed E-state index contributed by atoms with van der Waals surface area (Å²) in [5.74, 6) is -1.59. The van der Waals surface area contributed by atoms with Gasteiger partial charge in [0.05, 0.1) is 11.1 Å². The zero-order valence-electron chi connectivity index (χ0n) is 23.6. The fourth-order valence-electron chi connectivity index (χ4n) is 5.39. The number of phenols is 1. The SMILES string of the molecule is Cc1c(NC(=O)c2ccc(F)cc2)cccc1-c1ccc(C(N)=O)c2[nH]c3cc(C(=O)NCc4cccc(O)c4)ccc3c12. The van der Waals surface area contributed by atoms with E-state index >= 15 is 0 Å². The van der Waals surface area contributed by atoms with Crippen molar-refractivity contribution < 1.29 is 23.9 Å². The van der Waals surface area contributed by atoms with Gasteiger partial charge in [-0.1, -0.05) is 36.4 Å². The molecular weight excluding hydrogens is 559 g/mol. The maximum Gasteiger partial charge on any atom is 0.255 e. The van der Waals surface area contributed by atoms with E-state index in [2.05, 4.69) is 15.6 Å². The van der Waals surface area contributed by atoms with Crippen molar-refractivity contribution in [2.24, 2.45) is 5.73 Å². The van der Waals surface area contributed by atoms with Crippen LogP contribution in [0.1, 0.15) is 42.2 Å². The molecule has 6 rings (SSSR count). The summed E-state index contributed by atoms with van der Waals surface area (Å²) in [6, 6.07) is 26.2. The zero-order valence-corrected chi connectivity index (χ0v) is 23.6. The van der Waals surface area contributed by atoms with Crippen molar-refractivity contribution in [3.8, 4) is 16.9 Å². The van der Waals surface area contributed by atoms with Gasteiger partial charge in [0.2, 0.25) is 0 Å². The van der Waals surface area contributed by atoms with Crippen LogP contribution in [0.4, 0.5) is 10.1 Å². The summed E-state index contributed by atoms with van der Waals surface area (Å²) < 4.78 is 13.4. The molecule has 0 aliphatic rings. The van der Waals surface area contributed by atoms with Gasteiger partial charge in [-0.05, 0) is 89.8 Å². The maximum atomic E-state index is 13.4. The number of amides is 3. The van der Waals surface area contributed by atoms with Gasteiger partial charge < -0.3 is 26.5 Å². The standard InChI is InChI=1S/C35H27FN4O4/c1-19-25(6-3-7-29(19)40-35(44)21-8-11-23(36)12-9-21)26-14-15-28(33(37)42)32-31(26)27-13-10-22(17-30(27)39-32)34(43)38-18-20-4-2-5-24(41)16-20/h2-17,39,41H,18H2,1H3,(H2,37,42)(H,38,43)(H,40,44). The molecule has 9 heteroatoms. The lowest BCUT2D eigenvalue weighted by Crippen LogP contribution is -2.22. The number of halogens is 1. The zero-order chi connectivity index (χ0) is 31.0. The van der Waals surface area contributed by atoms with Crippen LogP contribution in [0.3, 0.4) is 0 Å². The molecule has 218 valence electrons. The summed E-state index contributed by atoms with van der Waals surface area (Å²) in [6.45, 7) is 2.12. The molecule has 1 heterocycles. The highest BCUT2D eigenvalue weighted by molar-refractivity contribution is 6.20. The highest BCUT2D eigenvalue weighted by Crippen LogP contribution is 2.39. The number of carbonyl (C=O) groups excluding carboxylic acids is 3. The van der Waals surface area contributed by atoms with Gasteiger partial charge in [0.15, 0.2) is 0 Å². The predicted octanol–water partition coefficient (Wildman–Crippen LogP) is 6.42. The second-order valence-electron chi connectivity index (χ2n) is 10.5. The van der Waals surface area contributed by atoms with Crippen molar-refractivity contribution >= 4 is 45.2 Å². The lowest BCUT2D eigenvalue weighted by molar-refractivity contribution is 0.0949. The summed E-state index contributed by atoms with van der Waals surface area (Å²) >= 11 is 0. The molecular formula is C35H27FN4O4. The highest BCUT2D eigenvalue weighted by atomic mass is 19.1. The van der Waals surface area contributed by atoms with Gasteiger partial charge in [-0.2, -0.15) is 0 Å². The Labute approximate surface area is 251 Å². The second-order valence-corrected chi connectivity index (χ2v) is 10.5. The first-order chi connectivity index (χ1) is 21.2. The second kappa shape index (κ2) is 11.4. The van der Waals surface area contributed by atoms with E-state index in [1.807, 2.05) is 31.2 Å². The number of aromatic nitrogens is 1. The Hall–Kier alpha value is -5.96. The molecule has 0 bridgehead atoms. The average Bonchev–Trinajstić information content (AvgIpc) is 3.40. The Morgan fingerprint density at radius 1 is 0.841 bits per heavy atom. The van der Waals surface area contributed by atoms with Crippen LogP contribution >= 0.6 is 0 Å². The van der Waals surface area contributed by atoms with Gasteiger partial charge in [0.1, 0.15) is 11.6 Å². The Balaban J connectivity index is 1.39. The van der Waals surface area contributed by atoms with Crippen LogP contribution in [0.25, 0.3) is 32.9 Å². The molecule has 0 spiro atoms. The normalized spacial score (nSPS) is 11.0. The molecule has 44 heavy (non-hydrogen) atoms. The molecule has 0 saturated heterocycles. The number of nitrogens with two attached hydrogens (primary N) is 1. The number of fused-ring (bicyclic) bond motifs is 3. The van der Waals surface area contributed by atoms with E-state index in [9.17, 15) is 23.9 Å². The molecule has 0 fully saturated rings. The maximum absolute atomic E-state index is 13.4. The number of aromatic hydroxyl groups is 1. The molecule has 0 unspecified atom stereocenters. The highest BCUT2D eigenvalue weighted by Gasteiger charge is 2.20. The Morgan fingerprint density at radius 3 is 2.34 bits per heavy atom. The van der Waals surface area contributed by atoms with Crippen LogP contribution in [-0.2, 0) is 6.54 Å². The smallest absolute Gasteiger partial charge is 0.255 e. The molecule has 1 aromatic heterocycles. The molecule has 6 aromatic rings. The summed E-state index contributed by atoms with van der Waals surface area (Å²) in [5.41, 5.74) is 11.7. The van der Waals surface area contributed by atoms with Gasteiger partial charge in [-0.25, -0.2) is 4.39 Å². The Kier molecular flexibility index (Phi) is 7.28. The van der Waals surface area contributed by atoms with Gasteiger partial charge in [0, 0.05) is 39.6 Å². The number of aromatic amines is 1. The largest absolute Gasteiger partial charge is 0.508 e. The number of phenolic OH excluding ortho intramolecular Hbond substituents is 1. The first kappa shape index (κ1) is 28.2. The molecule has 0 saturated carbocycles. The molecule has 6 N–H and O–H groups in total. The molecule has 0 radical (unpaired) electrons. The number of hydrogen-bond acceptors (Lipinski definition) is 4. The van der Waals surface area contributed by atoms with Crippen LogP contribution in [0, 0.1) is 12.7 Å². The van der Waals surface area contributed by atoms with E-state index in [0.717, 1.165) is 33.0 Å². The average molecular weight is 587 g/mol. The number of H-pyrrole nitrogens is 1. The Morgan fingerprint density at radius 2 is 1.59 bits per heavy atom. The molecule has 8 nitrogen and oxygen atoms in total. The third kappa shape index (κ3) is 5.34. The molecule has 0 atom stereocenters. The summed E-state index contributed by atoms with van der Waals surface area (Å²) in [4.78, 5) is 41.6. The Bertz CT molecular complexity index is 2100. The number of hydrogen-bond donors (Lipinski definition) is 5. The van der Waals surface area contributed by atoms with E-state index < -0.39 is 11.7 Å². The van der Waals surface area contributed by atoms with Gasteiger partial charge in [0.25, 0.3) is 17.7 Å². The number of benzene rings is 5. The minimum Gasteiger partial charge on any atom is -0.508 e. The van der Waals surface area contributed by atoms with Gasteiger partial charge in [-0.15, -0.1) is 0 Å². The first-order valence-corrected chi connectivity index (χ1v) is 13.8.